The van der Waals surface area contributed by atoms with Crippen LogP contribution in [0.5, 0.6) is 0 Å². The van der Waals surface area contributed by atoms with Gasteiger partial charge in [-0.15, -0.1) is 0 Å². The van der Waals surface area contributed by atoms with Crippen LogP contribution in [0.1, 0.15) is 30.9 Å². The quantitative estimate of drug-likeness (QED) is 0.747. The van der Waals surface area contributed by atoms with Gasteiger partial charge in [-0.25, -0.2) is 0 Å². The van der Waals surface area contributed by atoms with E-state index in [1.54, 1.807) is 6.20 Å². The van der Waals surface area contributed by atoms with Gasteiger partial charge in [0, 0.05) is 17.1 Å². The second-order valence-electron chi connectivity index (χ2n) is 4.16. The normalized spacial score (nSPS) is 12.6. The molecule has 0 bridgehead atoms. The molecule has 0 aliphatic carbocycles. The third-order valence-corrected chi connectivity index (χ3v) is 2.66. The van der Waals surface area contributed by atoms with Gasteiger partial charge >= 0.3 is 6.18 Å². The highest BCUT2D eigenvalue weighted by atomic mass is 19.4. The van der Waals surface area contributed by atoms with Gasteiger partial charge in [-0.2, -0.15) is 13.2 Å². The van der Waals surface area contributed by atoms with Crippen molar-refractivity contribution in [3.05, 3.63) is 35.5 Å². The van der Waals surface area contributed by atoms with Crippen molar-refractivity contribution in [2.24, 2.45) is 0 Å². The van der Waals surface area contributed by atoms with Crippen molar-refractivity contribution in [1.82, 2.24) is 4.98 Å². The van der Waals surface area contributed by atoms with E-state index in [1.165, 1.54) is 12.1 Å². The van der Waals surface area contributed by atoms with Gasteiger partial charge in [0.05, 0.1) is 5.56 Å². The molecule has 1 N–H and O–H groups in total. The van der Waals surface area contributed by atoms with Gasteiger partial charge in [0.2, 0.25) is 0 Å². The Morgan fingerprint density at radius 1 is 1.19 bits per heavy atom. The Bertz CT molecular complexity index is 508. The van der Waals surface area contributed by atoms with E-state index in [-0.39, 0.29) is 5.92 Å². The number of rotatable bonds is 1. The lowest BCUT2D eigenvalue weighted by atomic mass is 10.0. The number of benzene rings is 1. The summed E-state index contributed by atoms with van der Waals surface area (Å²) in [5, 5.41) is 0.657. The van der Waals surface area contributed by atoms with E-state index in [2.05, 4.69) is 4.98 Å². The van der Waals surface area contributed by atoms with Crippen LogP contribution in [0.3, 0.4) is 0 Å². The maximum Gasteiger partial charge on any atom is 0.416 e. The average Bonchev–Trinajstić information content (AvgIpc) is 2.58. The first-order chi connectivity index (χ1) is 7.39. The molecule has 2 aromatic rings. The van der Waals surface area contributed by atoms with Crippen LogP contribution in [0, 0.1) is 0 Å². The zero-order valence-corrected chi connectivity index (χ0v) is 9.02. The third-order valence-electron chi connectivity index (χ3n) is 2.66. The molecule has 2 rings (SSSR count). The lowest BCUT2D eigenvalue weighted by Crippen LogP contribution is -2.04. The molecule has 0 saturated heterocycles. The molecule has 1 nitrogen and oxygen atoms in total. The summed E-state index contributed by atoms with van der Waals surface area (Å²) in [6.07, 6.45) is -2.50. The van der Waals surface area contributed by atoms with Gasteiger partial charge in [-0.05, 0) is 29.7 Å². The molecule has 0 saturated carbocycles. The smallest absolute Gasteiger partial charge is 0.361 e. The van der Waals surface area contributed by atoms with Crippen LogP contribution < -0.4 is 0 Å². The molecule has 0 amide bonds. The number of hydrogen-bond acceptors (Lipinski definition) is 0. The Hall–Kier alpha value is -1.45. The molecule has 1 heterocycles. The molecule has 4 heteroatoms. The van der Waals surface area contributed by atoms with Crippen LogP contribution in [0.15, 0.2) is 24.4 Å². The van der Waals surface area contributed by atoms with Crippen LogP contribution in [-0.2, 0) is 6.18 Å². The molecule has 1 aromatic heterocycles. The summed E-state index contributed by atoms with van der Waals surface area (Å²) in [6.45, 7) is 3.92. The third kappa shape index (κ3) is 1.79. The molecular weight excluding hydrogens is 215 g/mol. The van der Waals surface area contributed by atoms with E-state index >= 15 is 0 Å². The molecule has 0 radical (unpaired) electrons. The number of H-pyrrole nitrogens is 1. The predicted molar refractivity (Wildman–Crippen MR) is 57.4 cm³/mol. The number of nitrogens with one attached hydrogen (secondary N) is 1. The standard InChI is InChI=1S/C12H12F3N/c1-7(2)10-6-16-11-4-3-8(5-9(10)11)12(13,14)15/h3-7,16H,1-2H3. The molecule has 0 atom stereocenters. The summed E-state index contributed by atoms with van der Waals surface area (Å²) < 4.78 is 37.6. The number of hydrogen-bond donors (Lipinski definition) is 1. The highest BCUT2D eigenvalue weighted by molar-refractivity contribution is 5.84. The average molecular weight is 227 g/mol. The topological polar surface area (TPSA) is 15.8 Å². The van der Waals surface area contributed by atoms with Crippen LogP contribution in [0.2, 0.25) is 0 Å². The Morgan fingerprint density at radius 2 is 1.88 bits per heavy atom. The summed E-state index contributed by atoms with van der Waals surface area (Å²) in [5.74, 6) is 0.206. The fraction of sp³-hybridized carbons (Fsp3) is 0.333. The molecule has 0 unspecified atom stereocenters. The monoisotopic (exact) mass is 227 g/mol. The molecule has 0 spiro atoms. The van der Waals surface area contributed by atoms with E-state index < -0.39 is 11.7 Å². The van der Waals surface area contributed by atoms with Gasteiger partial charge in [-0.1, -0.05) is 13.8 Å². The van der Waals surface area contributed by atoms with E-state index in [4.69, 9.17) is 0 Å². The molecule has 1 aromatic carbocycles. The van der Waals surface area contributed by atoms with Crippen molar-refractivity contribution < 1.29 is 13.2 Å². The maximum atomic E-state index is 12.5. The van der Waals surface area contributed by atoms with Crippen molar-refractivity contribution >= 4 is 10.9 Å². The van der Waals surface area contributed by atoms with Gasteiger partial charge in [0.15, 0.2) is 0 Å². The first-order valence-electron chi connectivity index (χ1n) is 5.08. The van der Waals surface area contributed by atoms with Gasteiger partial charge in [-0.3, -0.25) is 0 Å². The molecule has 0 aliphatic rings. The Labute approximate surface area is 91.3 Å². The zero-order valence-electron chi connectivity index (χ0n) is 9.02. The van der Waals surface area contributed by atoms with Crippen LogP contribution in [0.4, 0.5) is 13.2 Å². The highest BCUT2D eigenvalue weighted by Crippen LogP contribution is 2.33. The Kier molecular flexibility index (Phi) is 2.45. The van der Waals surface area contributed by atoms with Crippen LogP contribution >= 0.6 is 0 Å². The Morgan fingerprint density at radius 3 is 2.44 bits per heavy atom. The van der Waals surface area contributed by atoms with E-state index in [1.807, 2.05) is 13.8 Å². The fourth-order valence-electron chi connectivity index (χ4n) is 1.80. The van der Waals surface area contributed by atoms with Crippen molar-refractivity contribution in [1.29, 1.82) is 0 Å². The van der Waals surface area contributed by atoms with Crippen molar-refractivity contribution in [3.63, 3.8) is 0 Å². The molecule has 86 valence electrons. The predicted octanol–water partition coefficient (Wildman–Crippen LogP) is 4.31. The molecule has 16 heavy (non-hydrogen) atoms. The number of aromatic amines is 1. The summed E-state index contributed by atoms with van der Waals surface area (Å²) in [7, 11) is 0. The minimum Gasteiger partial charge on any atom is -0.361 e. The van der Waals surface area contributed by atoms with Crippen molar-refractivity contribution in [3.8, 4) is 0 Å². The minimum absolute atomic E-state index is 0.206. The Balaban J connectivity index is 2.63. The number of halogens is 3. The van der Waals surface area contributed by atoms with Gasteiger partial charge < -0.3 is 4.98 Å². The molecular formula is C12H12F3N. The lowest BCUT2D eigenvalue weighted by Gasteiger charge is -2.08. The van der Waals surface area contributed by atoms with E-state index in [0.29, 0.717) is 5.39 Å². The van der Waals surface area contributed by atoms with Crippen molar-refractivity contribution in [2.75, 3.05) is 0 Å². The zero-order chi connectivity index (χ0) is 11.9. The first-order valence-corrected chi connectivity index (χ1v) is 5.08. The van der Waals surface area contributed by atoms with E-state index in [0.717, 1.165) is 17.1 Å². The number of aromatic nitrogens is 1. The van der Waals surface area contributed by atoms with Gasteiger partial charge in [0.25, 0.3) is 0 Å². The first kappa shape index (κ1) is 11.0. The van der Waals surface area contributed by atoms with Crippen molar-refractivity contribution in [2.45, 2.75) is 25.9 Å². The second kappa shape index (κ2) is 3.54. The largest absolute Gasteiger partial charge is 0.416 e. The minimum atomic E-state index is -4.28. The summed E-state index contributed by atoms with van der Waals surface area (Å²) in [5.41, 5.74) is 1.07. The summed E-state index contributed by atoms with van der Waals surface area (Å²) >= 11 is 0. The second-order valence-corrected chi connectivity index (χ2v) is 4.16. The number of alkyl halides is 3. The maximum absolute atomic E-state index is 12.5. The highest BCUT2D eigenvalue weighted by Gasteiger charge is 2.30. The summed E-state index contributed by atoms with van der Waals surface area (Å²) in [4.78, 5) is 2.98. The number of fused-ring (bicyclic) bond motifs is 1. The van der Waals surface area contributed by atoms with Crippen LogP contribution in [0.25, 0.3) is 10.9 Å². The fourth-order valence-corrected chi connectivity index (χ4v) is 1.80. The SMILES string of the molecule is CC(C)c1c[nH]c2ccc(C(F)(F)F)cc12. The van der Waals surface area contributed by atoms with E-state index in [9.17, 15) is 13.2 Å². The summed E-state index contributed by atoms with van der Waals surface area (Å²) in [6, 6.07) is 3.79. The van der Waals surface area contributed by atoms with Gasteiger partial charge in [0.1, 0.15) is 0 Å². The lowest BCUT2D eigenvalue weighted by molar-refractivity contribution is -0.137. The van der Waals surface area contributed by atoms with Crippen LogP contribution in [-0.4, -0.2) is 4.98 Å². The molecule has 0 fully saturated rings. The molecule has 0 aliphatic heterocycles.